The maximum Gasteiger partial charge on any atom is 0.0205 e. The van der Waals surface area contributed by atoms with Crippen LogP contribution in [0.2, 0.25) is 0 Å². The van der Waals surface area contributed by atoms with Crippen LogP contribution in [0.3, 0.4) is 0 Å². The van der Waals surface area contributed by atoms with Crippen molar-refractivity contribution in [2.45, 2.75) is 69.5 Å². The fraction of sp³-hybridized carbons (Fsp3) is 1.00. The molecule has 0 amide bonds. The third-order valence-corrected chi connectivity index (χ3v) is 6.09. The van der Waals surface area contributed by atoms with Crippen LogP contribution in [0.25, 0.3) is 0 Å². The lowest BCUT2D eigenvalue weighted by Crippen LogP contribution is -2.28. The Morgan fingerprint density at radius 3 is 1.44 bits per heavy atom. The standard InChI is InChI=1S/C13H24S2.HI/c14-15-13(11-7-3-1-4-8-11)12-9-5-2-6-10-12;/h11-14H,1-10H2;1H. The topological polar surface area (TPSA) is 0 Å². The molecule has 0 nitrogen and oxygen atoms in total. The van der Waals surface area contributed by atoms with Crippen molar-refractivity contribution in [1.29, 1.82) is 0 Å². The largest absolute Gasteiger partial charge is 0.111 e. The fourth-order valence-corrected chi connectivity index (χ4v) is 5.40. The zero-order valence-electron chi connectivity index (χ0n) is 10.1. The van der Waals surface area contributed by atoms with E-state index in [1.807, 2.05) is 10.8 Å². The average Bonchev–Trinajstić information content (AvgIpc) is 2.33. The van der Waals surface area contributed by atoms with E-state index in [9.17, 15) is 0 Å². The summed E-state index contributed by atoms with van der Waals surface area (Å²) in [5, 5.41) is 0.869. The summed E-state index contributed by atoms with van der Waals surface area (Å²) < 4.78 is 0. The minimum Gasteiger partial charge on any atom is -0.111 e. The van der Waals surface area contributed by atoms with Crippen LogP contribution in [0.1, 0.15) is 64.2 Å². The summed E-state index contributed by atoms with van der Waals surface area (Å²) in [6.45, 7) is 0. The molecular formula is C13H25IS2. The van der Waals surface area contributed by atoms with Gasteiger partial charge in [-0.25, -0.2) is 0 Å². The Kier molecular flexibility index (Phi) is 8.24. The normalized spacial score (nSPS) is 24.4. The van der Waals surface area contributed by atoms with E-state index in [0.29, 0.717) is 0 Å². The molecule has 0 unspecified atom stereocenters. The third-order valence-electron chi connectivity index (χ3n) is 4.35. The first kappa shape index (κ1) is 15.5. The van der Waals surface area contributed by atoms with Crippen LogP contribution in [-0.2, 0) is 0 Å². The first-order valence-electron chi connectivity index (χ1n) is 6.72. The molecule has 2 fully saturated rings. The van der Waals surface area contributed by atoms with Gasteiger partial charge in [-0.1, -0.05) is 49.3 Å². The molecule has 0 atom stereocenters. The van der Waals surface area contributed by atoms with Gasteiger partial charge in [0.25, 0.3) is 0 Å². The molecule has 0 aliphatic heterocycles. The van der Waals surface area contributed by atoms with Crippen LogP contribution in [0.15, 0.2) is 0 Å². The molecule has 2 rings (SSSR count). The molecule has 3 heteroatoms. The van der Waals surface area contributed by atoms with E-state index >= 15 is 0 Å². The third kappa shape index (κ3) is 4.27. The number of thiol groups is 1. The lowest BCUT2D eigenvalue weighted by molar-refractivity contribution is 0.256. The van der Waals surface area contributed by atoms with E-state index in [0.717, 1.165) is 17.1 Å². The van der Waals surface area contributed by atoms with Crippen LogP contribution in [0, 0.1) is 11.8 Å². The minimum absolute atomic E-state index is 0. The summed E-state index contributed by atoms with van der Waals surface area (Å²) in [7, 11) is 1.88. The Labute approximate surface area is 127 Å². The van der Waals surface area contributed by atoms with Gasteiger partial charge in [-0.2, -0.15) is 0 Å². The molecule has 0 aromatic heterocycles. The van der Waals surface area contributed by atoms with Crippen molar-refractivity contribution in [2.24, 2.45) is 11.8 Å². The predicted octanol–water partition coefficient (Wildman–Crippen LogP) is 5.71. The van der Waals surface area contributed by atoms with Crippen molar-refractivity contribution in [3.8, 4) is 0 Å². The smallest absolute Gasteiger partial charge is 0.0205 e. The molecule has 0 aromatic carbocycles. The minimum atomic E-state index is 0. The van der Waals surface area contributed by atoms with Gasteiger partial charge in [-0.3, -0.25) is 0 Å². The van der Waals surface area contributed by atoms with E-state index in [2.05, 4.69) is 11.7 Å². The Morgan fingerprint density at radius 2 is 1.12 bits per heavy atom. The van der Waals surface area contributed by atoms with E-state index in [4.69, 9.17) is 0 Å². The average molecular weight is 372 g/mol. The molecule has 0 bridgehead atoms. The molecule has 2 aliphatic rings. The number of rotatable bonds is 3. The summed E-state index contributed by atoms with van der Waals surface area (Å²) in [5.74, 6) is 1.98. The molecule has 0 aromatic rings. The highest BCUT2D eigenvalue weighted by atomic mass is 127. The van der Waals surface area contributed by atoms with Crippen molar-refractivity contribution in [2.75, 3.05) is 0 Å². The van der Waals surface area contributed by atoms with Crippen molar-refractivity contribution >= 4 is 46.4 Å². The highest BCUT2D eigenvalue weighted by molar-refractivity contribution is 14.0. The molecule has 0 saturated heterocycles. The van der Waals surface area contributed by atoms with Gasteiger partial charge in [0, 0.05) is 5.25 Å². The van der Waals surface area contributed by atoms with E-state index in [-0.39, 0.29) is 24.0 Å². The highest BCUT2D eigenvalue weighted by Crippen LogP contribution is 2.42. The second-order valence-corrected chi connectivity index (χ2v) is 6.75. The van der Waals surface area contributed by atoms with Gasteiger partial charge in [-0.05, 0) is 37.5 Å². The number of hydrogen-bond acceptors (Lipinski definition) is 2. The molecule has 0 radical (unpaired) electrons. The fourth-order valence-electron chi connectivity index (χ4n) is 3.48. The van der Waals surface area contributed by atoms with Crippen LogP contribution in [-0.4, -0.2) is 5.25 Å². The van der Waals surface area contributed by atoms with Crippen LogP contribution in [0.4, 0.5) is 0 Å². The van der Waals surface area contributed by atoms with Gasteiger partial charge in [0.15, 0.2) is 0 Å². The van der Waals surface area contributed by atoms with Gasteiger partial charge in [0.1, 0.15) is 0 Å². The maximum atomic E-state index is 4.55. The van der Waals surface area contributed by atoms with Crippen LogP contribution >= 0.6 is 46.4 Å². The lowest BCUT2D eigenvalue weighted by Gasteiger charge is -2.36. The molecule has 0 heterocycles. The summed E-state index contributed by atoms with van der Waals surface area (Å²) >= 11 is 4.55. The van der Waals surface area contributed by atoms with Gasteiger partial charge in [0.05, 0.1) is 0 Å². The lowest BCUT2D eigenvalue weighted by atomic mass is 9.77. The Bertz CT molecular complexity index is 157. The first-order valence-corrected chi connectivity index (χ1v) is 8.65. The highest BCUT2D eigenvalue weighted by Gasteiger charge is 2.30. The van der Waals surface area contributed by atoms with E-state index in [1.165, 1.54) is 64.2 Å². The molecular weight excluding hydrogens is 347 g/mol. The summed E-state index contributed by atoms with van der Waals surface area (Å²) in [6.07, 6.45) is 14.8. The van der Waals surface area contributed by atoms with Crippen molar-refractivity contribution in [3.05, 3.63) is 0 Å². The molecule has 2 saturated carbocycles. The summed E-state index contributed by atoms with van der Waals surface area (Å²) in [6, 6.07) is 0. The van der Waals surface area contributed by atoms with Crippen LogP contribution < -0.4 is 0 Å². The zero-order valence-corrected chi connectivity index (χ0v) is 14.1. The Morgan fingerprint density at radius 1 is 0.750 bits per heavy atom. The molecule has 2 aliphatic carbocycles. The monoisotopic (exact) mass is 372 g/mol. The Balaban J connectivity index is 0.00000128. The number of halogens is 1. The summed E-state index contributed by atoms with van der Waals surface area (Å²) in [4.78, 5) is 0. The molecule has 16 heavy (non-hydrogen) atoms. The second kappa shape index (κ2) is 8.52. The predicted molar refractivity (Wildman–Crippen MR) is 88.9 cm³/mol. The second-order valence-electron chi connectivity index (χ2n) is 5.37. The van der Waals surface area contributed by atoms with Gasteiger partial charge in [0.2, 0.25) is 0 Å². The summed E-state index contributed by atoms with van der Waals surface area (Å²) in [5.41, 5.74) is 0. The maximum absolute atomic E-state index is 4.55. The van der Waals surface area contributed by atoms with Gasteiger partial charge in [-0.15, -0.1) is 35.6 Å². The van der Waals surface area contributed by atoms with Crippen molar-refractivity contribution < 1.29 is 0 Å². The van der Waals surface area contributed by atoms with Crippen molar-refractivity contribution in [3.63, 3.8) is 0 Å². The molecule has 96 valence electrons. The zero-order chi connectivity index (χ0) is 10.5. The van der Waals surface area contributed by atoms with E-state index < -0.39 is 0 Å². The Hall–Kier alpha value is 1.43. The SMILES string of the molecule is I.SSC(C1CCCCC1)C1CCCCC1. The van der Waals surface area contributed by atoms with Gasteiger partial charge < -0.3 is 0 Å². The molecule has 0 N–H and O–H groups in total. The first-order chi connectivity index (χ1) is 7.42. The number of hydrogen-bond donors (Lipinski definition) is 1. The van der Waals surface area contributed by atoms with Crippen LogP contribution in [0.5, 0.6) is 0 Å². The van der Waals surface area contributed by atoms with E-state index in [1.54, 1.807) is 0 Å². The quantitative estimate of drug-likeness (QED) is 0.376. The molecule has 0 spiro atoms. The van der Waals surface area contributed by atoms with Crippen molar-refractivity contribution in [1.82, 2.24) is 0 Å². The van der Waals surface area contributed by atoms with Gasteiger partial charge >= 0.3 is 0 Å².